The second-order valence-electron chi connectivity index (χ2n) is 12.6. The second-order valence-corrected chi connectivity index (χ2v) is 12.6. The number of nitrogens with zero attached hydrogens (tertiary/aromatic N) is 1. The molecule has 40 heavy (non-hydrogen) atoms. The minimum atomic E-state index is -2.53. The van der Waals surface area contributed by atoms with E-state index < -0.39 is 5.92 Å². The largest absolute Gasteiger partial charge is 0.455 e. The van der Waals surface area contributed by atoms with Crippen molar-refractivity contribution in [2.75, 3.05) is 0 Å². The smallest absolute Gasteiger partial charge is 0.248 e. The first-order valence-electron chi connectivity index (χ1n) is 14.6. The summed E-state index contributed by atoms with van der Waals surface area (Å²) in [6, 6.07) is 17.4. The summed E-state index contributed by atoms with van der Waals surface area (Å²) in [5.41, 5.74) is 11.8. The summed E-state index contributed by atoms with van der Waals surface area (Å²) in [5.74, 6) is -1.90. The van der Waals surface area contributed by atoms with Crippen molar-refractivity contribution in [3.63, 3.8) is 0 Å². The number of aromatic nitrogens is 1. The Hall–Kier alpha value is -3.53. The SMILES string of the molecule is Cc1cc2c(oc3ccccc32)c(C2=C(CC(C)C)c3cc(C4CCC(F)(F)CC4)cc4cc[n+](C)c2c34)c1C. The Kier molecular flexibility index (Phi) is 5.72. The Labute approximate surface area is 234 Å². The van der Waals surface area contributed by atoms with E-state index in [1.54, 1.807) is 0 Å². The van der Waals surface area contributed by atoms with Gasteiger partial charge in [-0.05, 0) is 90.3 Å². The molecule has 0 spiro atoms. The highest BCUT2D eigenvalue weighted by atomic mass is 19.3. The van der Waals surface area contributed by atoms with Gasteiger partial charge >= 0.3 is 0 Å². The van der Waals surface area contributed by atoms with Crippen molar-refractivity contribution in [1.29, 1.82) is 0 Å². The molecular weight excluding hydrogens is 500 g/mol. The molecule has 0 saturated heterocycles. The van der Waals surface area contributed by atoms with Crippen molar-refractivity contribution in [3.8, 4) is 0 Å². The van der Waals surface area contributed by atoms with E-state index >= 15 is 0 Å². The first-order chi connectivity index (χ1) is 19.1. The van der Waals surface area contributed by atoms with E-state index in [-0.39, 0.29) is 18.8 Å². The van der Waals surface area contributed by atoms with Crippen LogP contribution in [0, 0.1) is 19.8 Å². The minimum Gasteiger partial charge on any atom is -0.455 e. The predicted octanol–water partition coefficient (Wildman–Crippen LogP) is 9.79. The standard InChI is InChI=1S/C36H36F2NO/c1-20(2)16-27-28-19-25(23-10-13-36(37,38)14-11-23)18-24-12-15-39(5)34(32(24)28)33(27)31-22(4)21(3)17-29-26-8-6-7-9-30(26)40-35(29)31/h6-9,12,15,17-20,23H,10-11,13-14,16H2,1-5H3/q+1. The maximum atomic E-state index is 14.0. The summed E-state index contributed by atoms with van der Waals surface area (Å²) in [4.78, 5) is 0. The molecule has 3 aromatic carbocycles. The lowest BCUT2D eigenvalue weighted by Crippen LogP contribution is -2.32. The summed E-state index contributed by atoms with van der Waals surface area (Å²) in [7, 11) is 2.13. The molecule has 2 heterocycles. The molecular formula is C36H36F2NO+. The number of hydrogen-bond donors (Lipinski definition) is 0. The Morgan fingerprint density at radius 2 is 1.75 bits per heavy atom. The van der Waals surface area contributed by atoms with E-state index in [1.807, 2.05) is 6.07 Å². The normalized spacial score (nSPS) is 17.3. The quantitative estimate of drug-likeness (QED) is 0.209. The predicted molar refractivity (Wildman–Crippen MR) is 160 cm³/mol. The van der Waals surface area contributed by atoms with Gasteiger partial charge in [0.05, 0.1) is 11.0 Å². The van der Waals surface area contributed by atoms with Crippen molar-refractivity contribution >= 4 is 43.9 Å². The van der Waals surface area contributed by atoms with Gasteiger partial charge < -0.3 is 4.42 Å². The topological polar surface area (TPSA) is 17.0 Å². The molecule has 7 rings (SSSR count). The zero-order chi connectivity index (χ0) is 27.9. The summed E-state index contributed by atoms with van der Waals surface area (Å²) in [6.07, 6.45) is 4.12. The molecule has 0 bridgehead atoms. The van der Waals surface area contributed by atoms with E-state index in [0.717, 1.165) is 28.4 Å². The van der Waals surface area contributed by atoms with Gasteiger partial charge in [0.25, 0.3) is 0 Å². The first kappa shape index (κ1) is 25.4. The maximum Gasteiger partial charge on any atom is 0.248 e. The average Bonchev–Trinajstić information content (AvgIpc) is 3.43. The summed E-state index contributed by atoms with van der Waals surface area (Å²) < 4.78 is 37.0. The summed E-state index contributed by atoms with van der Waals surface area (Å²) in [5, 5.41) is 4.76. The lowest BCUT2D eigenvalue weighted by atomic mass is 9.80. The van der Waals surface area contributed by atoms with Crippen LogP contribution in [0.2, 0.25) is 0 Å². The number of pyridine rings is 1. The van der Waals surface area contributed by atoms with Crippen LogP contribution in [-0.2, 0) is 7.05 Å². The molecule has 2 aromatic heterocycles. The molecule has 0 amide bonds. The van der Waals surface area contributed by atoms with Gasteiger partial charge in [-0.3, -0.25) is 0 Å². The molecule has 2 aliphatic rings. The summed E-state index contributed by atoms with van der Waals surface area (Å²) in [6.45, 7) is 8.96. The van der Waals surface area contributed by atoms with E-state index in [9.17, 15) is 8.78 Å². The van der Waals surface area contributed by atoms with Gasteiger partial charge in [0.1, 0.15) is 18.2 Å². The lowest BCUT2D eigenvalue weighted by molar-refractivity contribution is -0.672. The lowest BCUT2D eigenvalue weighted by Gasteiger charge is -2.29. The third-order valence-corrected chi connectivity index (χ3v) is 9.36. The molecule has 0 N–H and O–H groups in total. The molecule has 2 nitrogen and oxygen atoms in total. The molecule has 1 fully saturated rings. The number of aryl methyl sites for hydroxylation is 2. The first-order valence-corrected chi connectivity index (χ1v) is 14.6. The highest BCUT2D eigenvalue weighted by molar-refractivity contribution is 6.20. The van der Waals surface area contributed by atoms with Gasteiger partial charge in [0, 0.05) is 35.2 Å². The molecule has 204 valence electrons. The van der Waals surface area contributed by atoms with Crippen molar-refractivity contribution in [2.45, 2.75) is 71.6 Å². The number of benzene rings is 3. The van der Waals surface area contributed by atoms with Crippen LogP contribution >= 0.6 is 0 Å². The Bertz CT molecular complexity index is 1860. The van der Waals surface area contributed by atoms with Crippen molar-refractivity contribution in [1.82, 2.24) is 0 Å². The van der Waals surface area contributed by atoms with Crippen molar-refractivity contribution in [2.24, 2.45) is 13.0 Å². The van der Waals surface area contributed by atoms with Crippen LogP contribution in [-0.4, -0.2) is 5.92 Å². The molecule has 5 aromatic rings. The van der Waals surface area contributed by atoms with E-state index in [2.05, 4.69) is 88.0 Å². The molecule has 0 atom stereocenters. The third-order valence-electron chi connectivity index (χ3n) is 9.36. The fraction of sp³-hybridized carbons (Fsp3) is 0.361. The van der Waals surface area contributed by atoms with Crippen LogP contribution in [0.25, 0.3) is 43.9 Å². The Morgan fingerprint density at radius 3 is 2.50 bits per heavy atom. The number of fused-ring (bicyclic) bond motifs is 3. The van der Waals surface area contributed by atoms with E-state index in [1.165, 1.54) is 55.4 Å². The molecule has 4 heteroatoms. The fourth-order valence-corrected chi connectivity index (χ4v) is 7.23. The van der Waals surface area contributed by atoms with Crippen molar-refractivity contribution in [3.05, 3.63) is 88.2 Å². The van der Waals surface area contributed by atoms with Crippen molar-refractivity contribution < 1.29 is 17.8 Å². The highest BCUT2D eigenvalue weighted by Gasteiger charge is 2.38. The number of hydrogen-bond acceptors (Lipinski definition) is 1. The zero-order valence-corrected chi connectivity index (χ0v) is 24.0. The van der Waals surface area contributed by atoms with Crippen LogP contribution in [0.4, 0.5) is 8.78 Å². The average molecular weight is 537 g/mol. The number of allylic oxidation sites excluding steroid dienone is 1. The molecule has 0 unspecified atom stereocenters. The molecule has 1 saturated carbocycles. The zero-order valence-electron chi connectivity index (χ0n) is 24.0. The monoisotopic (exact) mass is 536 g/mol. The van der Waals surface area contributed by atoms with Crippen LogP contribution in [0.3, 0.4) is 0 Å². The van der Waals surface area contributed by atoms with Crippen LogP contribution in [0.5, 0.6) is 0 Å². The second kappa shape index (κ2) is 8.99. The fourth-order valence-electron chi connectivity index (χ4n) is 7.23. The maximum absolute atomic E-state index is 14.0. The molecule has 0 aliphatic heterocycles. The number of rotatable bonds is 4. The summed E-state index contributed by atoms with van der Waals surface area (Å²) >= 11 is 0. The van der Waals surface area contributed by atoms with Gasteiger partial charge in [0.15, 0.2) is 6.20 Å². The van der Waals surface area contributed by atoms with Gasteiger partial charge in [-0.2, -0.15) is 0 Å². The van der Waals surface area contributed by atoms with Gasteiger partial charge in [-0.1, -0.05) is 44.2 Å². The Morgan fingerprint density at radius 1 is 1.00 bits per heavy atom. The van der Waals surface area contributed by atoms with Gasteiger partial charge in [0.2, 0.25) is 11.6 Å². The van der Waals surface area contributed by atoms with Crippen LogP contribution in [0.1, 0.15) is 85.4 Å². The number of halogens is 2. The highest BCUT2D eigenvalue weighted by Crippen LogP contribution is 2.51. The van der Waals surface area contributed by atoms with Crippen LogP contribution in [0.15, 0.2) is 59.1 Å². The number of alkyl halides is 2. The molecule has 2 aliphatic carbocycles. The van der Waals surface area contributed by atoms with Gasteiger partial charge in [-0.15, -0.1) is 0 Å². The van der Waals surface area contributed by atoms with Crippen LogP contribution < -0.4 is 4.57 Å². The van der Waals surface area contributed by atoms with E-state index in [0.29, 0.717) is 18.8 Å². The van der Waals surface area contributed by atoms with E-state index in [4.69, 9.17) is 4.42 Å². The number of furan rings is 1. The number of para-hydroxylation sites is 1. The third kappa shape index (κ3) is 3.83. The van der Waals surface area contributed by atoms with Gasteiger partial charge in [-0.25, -0.2) is 13.3 Å². The minimum absolute atomic E-state index is 0.0213. The molecule has 0 radical (unpaired) electrons. The Balaban J connectivity index is 1.54.